The number of hydrogen-bond acceptors (Lipinski definition) is 3. The van der Waals surface area contributed by atoms with Crippen LogP contribution in [0.5, 0.6) is 0 Å². The van der Waals surface area contributed by atoms with Crippen LogP contribution in [0, 0.1) is 0 Å². The summed E-state index contributed by atoms with van der Waals surface area (Å²) in [5.74, 6) is 0. The molecular formula is C16H23NO3. The summed E-state index contributed by atoms with van der Waals surface area (Å²) >= 11 is 0. The Bertz CT molecular complexity index is 466. The molecule has 1 fully saturated rings. The highest BCUT2D eigenvalue weighted by atomic mass is 16.6. The van der Waals surface area contributed by atoms with Gasteiger partial charge in [-0.1, -0.05) is 30.3 Å². The Balaban J connectivity index is 1.88. The highest BCUT2D eigenvalue weighted by molar-refractivity contribution is 5.71. The molecule has 0 aromatic heterocycles. The van der Waals surface area contributed by atoms with Crippen molar-refractivity contribution in [2.45, 2.75) is 45.4 Å². The Morgan fingerprint density at radius 1 is 1.30 bits per heavy atom. The van der Waals surface area contributed by atoms with Crippen molar-refractivity contribution in [2.24, 2.45) is 0 Å². The predicted molar refractivity (Wildman–Crippen MR) is 77.4 cm³/mol. The normalized spacial score (nSPS) is 23.0. The summed E-state index contributed by atoms with van der Waals surface area (Å²) in [5, 5.41) is 0. The molecule has 1 aromatic rings. The number of carbonyl (C=O) groups is 1. The molecule has 1 aromatic carbocycles. The van der Waals surface area contributed by atoms with E-state index in [2.05, 4.69) is 0 Å². The fourth-order valence-electron chi connectivity index (χ4n) is 2.24. The van der Waals surface area contributed by atoms with Crippen LogP contribution >= 0.6 is 0 Å². The fraction of sp³-hybridized carbons (Fsp3) is 0.562. The summed E-state index contributed by atoms with van der Waals surface area (Å²) in [6, 6.07) is 9.98. The first-order valence-electron chi connectivity index (χ1n) is 6.92. The van der Waals surface area contributed by atoms with E-state index < -0.39 is 5.60 Å². The van der Waals surface area contributed by atoms with Gasteiger partial charge in [-0.15, -0.1) is 0 Å². The van der Waals surface area contributed by atoms with Crippen molar-refractivity contribution in [3.8, 4) is 0 Å². The maximum absolute atomic E-state index is 11.9. The molecule has 20 heavy (non-hydrogen) atoms. The Hall–Kier alpha value is -1.55. The van der Waals surface area contributed by atoms with Crippen molar-refractivity contribution in [2.75, 3.05) is 13.2 Å². The second-order valence-electron chi connectivity index (χ2n) is 6.55. The van der Waals surface area contributed by atoms with Gasteiger partial charge in [0.05, 0.1) is 19.8 Å². The van der Waals surface area contributed by atoms with Crippen molar-refractivity contribution in [1.29, 1.82) is 0 Å². The number of benzene rings is 1. The smallest absolute Gasteiger partial charge is 0.411 e. The van der Waals surface area contributed by atoms with Gasteiger partial charge in [0.2, 0.25) is 0 Å². The minimum atomic E-state index is -0.570. The predicted octanol–water partition coefficient (Wildman–Crippen LogP) is 3.21. The van der Waals surface area contributed by atoms with Crippen LogP contribution < -0.4 is 0 Å². The van der Waals surface area contributed by atoms with Crippen molar-refractivity contribution in [3.05, 3.63) is 35.9 Å². The van der Waals surface area contributed by atoms with Gasteiger partial charge in [-0.25, -0.2) is 4.79 Å². The first-order chi connectivity index (χ1) is 9.30. The Labute approximate surface area is 120 Å². The number of nitrogens with zero attached hydrogens (tertiary/aromatic N) is 1. The first kappa shape index (κ1) is 14.9. The summed E-state index contributed by atoms with van der Waals surface area (Å²) < 4.78 is 11.2. The Morgan fingerprint density at radius 3 is 2.50 bits per heavy atom. The van der Waals surface area contributed by atoms with Crippen LogP contribution in [0.4, 0.5) is 4.79 Å². The molecule has 1 heterocycles. The van der Waals surface area contributed by atoms with Crippen LogP contribution in [0.25, 0.3) is 0 Å². The minimum Gasteiger partial charge on any atom is -0.439 e. The standard InChI is InChI=1S/C16H23NO3/c1-15(2,3)17-11-16(4,20-14(17)18)12-19-10-13-8-6-5-7-9-13/h5-9H,10-12H2,1-4H3. The van der Waals surface area contributed by atoms with Gasteiger partial charge in [0, 0.05) is 5.54 Å². The number of rotatable bonds is 4. The fourth-order valence-corrected chi connectivity index (χ4v) is 2.24. The number of ether oxygens (including phenoxy) is 2. The van der Waals surface area contributed by atoms with Crippen LogP contribution in [-0.4, -0.2) is 35.3 Å². The van der Waals surface area contributed by atoms with Gasteiger partial charge in [0.15, 0.2) is 5.60 Å². The van der Waals surface area contributed by atoms with Crippen molar-refractivity contribution >= 4 is 6.09 Å². The number of amides is 1. The molecule has 2 rings (SSSR count). The number of cyclic esters (lactones) is 1. The molecule has 0 radical (unpaired) electrons. The van der Waals surface area contributed by atoms with E-state index in [4.69, 9.17) is 9.47 Å². The maximum atomic E-state index is 11.9. The second kappa shape index (κ2) is 5.44. The molecule has 1 atom stereocenters. The summed E-state index contributed by atoms with van der Waals surface area (Å²) in [7, 11) is 0. The van der Waals surface area contributed by atoms with Gasteiger partial charge in [-0.3, -0.25) is 4.90 Å². The van der Waals surface area contributed by atoms with E-state index in [1.807, 2.05) is 58.0 Å². The largest absolute Gasteiger partial charge is 0.439 e. The zero-order chi connectivity index (χ0) is 14.8. The molecule has 4 heteroatoms. The van der Waals surface area contributed by atoms with Crippen LogP contribution in [-0.2, 0) is 16.1 Å². The third kappa shape index (κ3) is 3.51. The molecule has 0 saturated carbocycles. The van der Waals surface area contributed by atoms with Gasteiger partial charge in [0.25, 0.3) is 0 Å². The number of carbonyl (C=O) groups excluding carboxylic acids is 1. The van der Waals surface area contributed by atoms with E-state index in [0.717, 1.165) is 5.56 Å². The average Bonchev–Trinajstić information content (AvgIpc) is 2.66. The molecule has 0 spiro atoms. The lowest BCUT2D eigenvalue weighted by molar-refractivity contribution is -0.0211. The third-order valence-electron chi connectivity index (χ3n) is 3.38. The van der Waals surface area contributed by atoms with Crippen molar-refractivity contribution in [1.82, 2.24) is 4.90 Å². The molecular weight excluding hydrogens is 254 g/mol. The SMILES string of the molecule is CC1(COCc2ccccc2)CN(C(C)(C)C)C(=O)O1. The average molecular weight is 277 g/mol. The van der Waals surface area contributed by atoms with E-state index in [1.54, 1.807) is 4.90 Å². The molecule has 0 N–H and O–H groups in total. The van der Waals surface area contributed by atoms with Gasteiger partial charge in [0.1, 0.15) is 0 Å². The van der Waals surface area contributed by atoms with E-state index in [0.29, 0.717) is 19.8 Å². The summed E-state index contributed by atoms with van der Waals surface area (Å²) in [5.41, 5.74) is 0.320. The molecule has 1 amide bonds. The number of hydrogen-bond donors (Lipinski definition) is 0. The quantitative estimate of drug-likeness (QED) is 0.848. The van der Waals surface area contributed by atoms with E-state index in [-0.39, 0.29) is 11.6 Å². The minimum absolute atomic E-state index is 0.228. The highest BCUT2D eigenvalue weighted by Crippen LogP contribution is 2.29. The maximum Gasteiger partial charge on any atom is 0.411 e. The molecule has 0 aliphatic carbocycles. The second-order valence-corrected chi connectivity index (χ2v) is 6.55. The van der Waals surface area contributed by atoms with Crippen LogP contribution in [0.1, 0.15) is 33.3 Å². The summed E-state index contributed by atoms with van der Waals surface area (Å²) in [4.78, 5) is 13.7. The molecule has 110 valence electrons. The van der Waals surface area contributed by atoms with Gasteiger partial charge in [-0.05, 0) is 33.3 Å². The van der Waals surface area contributed by atoms with E-state index in [9.17, 15) is 4.79 Å². The van der Waals surface area contributed by atoms with E-state index in [1.165, 1.54) is 0 Å². The summed E-state index contributed by atoms with van der Waals surface area (Å²) in [6.07, 6.45) is -0.261. The van der Waals surface area contributed by atoms with Crippen molar-refractivity contribution < 1.29 is 14.3 Å². The van der Waals surface area contributed by atoms with E-state index >= 15 is 0 Å². The Kier molecular flexibility index (Phi) is 4.04. The lowest BCUT2D eigenvalue weighted by Crippen LogP contribution is -2.44. The van der Waals surface area contributed by atoms with Gasteiger partial charge < -0.3 is 9.47 Å². The van der Waals surface area contributed by atoms with Crippen LogP contribution in [0.15, 0.2) is 30.3 Å². The van der Waals surface area contributed by atoms with Gasteiger partial charge in [-0.2, -0.15) is 0 Å². The van der Waals surface area contributed by atoms with Crippen LogP contribution in [0.2, 0.25) is 0 Å². The van der Waals surface area contributed by atoms with Crippen LogP contribution in [0.3, 0.4) is 0 Å². The molecule has 1 unspecified atom stereocenters. The molecule has 1 aliphatic heterocycles. The topological polar surface area (TPSA) is 38.8 Å². The Morgan fingerprint density at radius 2 is 1.95 bits per heavy atom. The first-order valence-corrected chi connectivity index (χ1v) is 6.92. The monoisotopic (exact) mass is 277 g/mol. The molecule has 4 nitrogen and oxygen atoms in total. The molecule has 0 bridgehead atoms. The van der Waals surface area contributed by atoms with Gasteiger partial charge >= 0.3 is 6.09 Å². The zero-order valence-electron chi connectivity index (χ0n) is 12.7. The lowest BCUT2D eigenvalue weighted by atomic mass is 10.0. The molecule has 1 saturated heterocycles. The molecule has 1 aliphatic rings. The zero-order valence-corrected chi connectivity index (χ0v) is 12.7. The summed E-state index contributed by atoms with van der Waals surface area (Å²) in [6.45, 7) is 9.43. The highest BCUT2D eigenvalue weighted by Gasteiger charge is 2.45. The third-order valence-corrected chi connectivity index (χ3v) is 3.38. The van der Waals surface area contributed by atoms with Crippen molar-refractivity contribution in [3.63, 3.8) is 0 Å². The lowest BCUT2D eigenvalue weighted by Gasteiger charge is -2.30.